The second-order valence-electron chi connectivity index (χ2n) is 6.52. The molecular formula is C20H17ClN4O3. The van der Waals surface area contributed by atoms with Crippen LogP contribution in [0.4, 0.5) is 11.6 Å². The van der Waals surface area contributed by atoms with Gasteiger partial charge in [0.25, 0.3) is 5.89 Å². The molecule has 1 saturated heterocycles. The number of nitriles is 1. The number of hydrogen-bond donors (Lipinski definition) is 1. The molecule has 0 atom stereocenters. The summed E-state index contributed by atoms with van der Waals surface area (Å²) in [6.07, 6.45) is 2.82. The van der Waals surface area contributed by atoms with Crippen LogP contribution >= 0.6 is 11.6 Å². The summed E-state index contributed by atoms with van der Waals surface area (Å²) in [5.41, 5.74) is 0.901. The summed E-state index contributed by atoms with van der Waals surface area (Å²) in [6, 6.07) is 12.6. The van der Waals surface area contributed by atoms with Gasteiger partial charge in [0.2, 0.25) is 17.5 Å². The molecule has 0 aliphatic carbocycles. The van der Waals surface area contributed by atoms with E-state index in [4.69, 9.17) is 20.4 Å². The van der Waals surface area contributed by atoms with Crippen LogP contribution in [0, 0.1) is 17.2 Å². The summed E-state index contributed by atoms with van der Waals surface area (Å²) in [7, 11) is 0. The second kappa shape index (κ2) is 7.79. The number of hydrogen-bond acceptors (Lipinski definition) is 6. The van der Waals surface area contributed by atoms with Gasteiger partial charge in [0, 0.05) is 29.7 Å². The molecular weight excluding hydrogens is 380 g/mol. The third kappa shape index (κ3) is 3.73. The monoisotopic (exact) mass is 396 g/mol. The minimum Gasteiger partial charge on any atom is -0.459 e. The fourth-order valence-corrected chi connectivity index (χ4v) is 3.45. The van der Waals surface area contributed by atoms with Crippen molar-refractivity contribution < 1.29 is 13.6 Å². The van der Waals surface area contributed by atoms with Crippen molar-refractivity contribution in [2.24, 2.45) is 5.92 Å². The number of amides is 1. The molecule has 0 unspecified atom stereocenters. The number of oxazole rings is 1. The molecule has 3 heterocycles. The molecule has 1 aliphatic heterocycles. The fourth-order valence-electron chi connectivity index (χ4n) is 3.26. The highest BCUT2D eigenvalue weighted by Crippen LogP contribution is 2.31. The van der Waals surface area contributed by atoms with Gasteiger partial charge in [-0.1, -0.05) is 17.7 Å². The van der Waals surface area contributed by atoms with E-state index in [9.17, 15) is 10.1 Å². The van der Waals surface area contributed by atoms with Gasteiger partial charge in [-0.2, -0.15) is 10.2 Å². The number of furan rings is 1. The van der Waals surface area contributed by atoms with Crippen LogP contribution in [-0.2, 0) is 4.79 Å². The highest BCUT2D eigenvalue weighted by atomic mass is 35.5. The molecule has 1 aromatic carbocycles. The lowest BCUT2D eigenvalue weighted by molar-refractivity contribution is -0.120. The van der Waals surface area contributed by atoms with E-state index >= 15 is 0 Å². The SMILES string of the molecule is N#Cc1nc(-c2ccco2)oc1N1CCC(C(=O)Nc2cccc(Cl)c2)CC1. The number of halogens is 1. The van der Waals surface area contributed by atoms with Gasteiger partial charge in [0.05, 0.1) is 6.26 Å². The van der Waals surface area contributed by atoms with Crippen LogP contribution in [0.2, 0.25) is 5.02 Å². The summed E-state index contributed by atoms with van der Waals surface area (Å²) in [5.74, 6) is 1.02. The van der Waals surface area contributed by atoms with Crippen LogP contribution in [0.25, 0.3) is 11.7 Å². The van der Waals surface area contributed by atoms with Crippen LogP contribution in [-0.4, -0.2) is 24.0 Å². The van der Waals surface area contributed by atoms with Crippen molar-refractivity contribution in [3.8, 4) is 17.7 Å². The van der Waals surface area contributed by atoms with Gasteiger partial charge in [-0.05, 0) is 43.2 Å². The Kier molecular flexibility index (Phi) is 5.04. The van der Waals surface area contributed by atoms with Crippen molar-refractivity contribution >= 4 is 29.1 Å². The molecule has 142 valence electrons. The maximum atomic E-state index is 12.5. The Labute approximate surface area is 166 Å². The van der Waals surface area contributed by atoms with Crippen molar-refractivity contribution in [3.63, 3.8) is 0 Å². The van der Waals surface area contributed by atoms with Crippen LogP contribution in [0.15, 0.2) is 51.5 Å². The second-order valence-corrected chi connectivity index (χ2v) is 6.96. The number of nitrogens with zero attached hydrogens (tertiary/aromatic N) is 3. The molecule has 1 fully saturated rings. The first-order chi connectivity index (χ1) is 13.6. The highest BCUT2D eigenvalue weighted by Gasteiger charge is 2.29. The summed E-state index contributed by atoms with van der Waals surface area (Å²) in [6.45, 7) is 1.18. The number of benzene rings is 1. The summed E-state index contributed by atoms with van der Waals surface area (Å²) >= 11 is 5.96. The Morgan fingerprint density at radius 1 is 1.29 bits per heavy atom. The topological polar surface area (TPSA) is 95.3 Å². The zero-order chi connectivity index (χ0) is 19.5. The van der Waals surface area contributed by atoms with Gasteiger partial charge < -0.3 is 19.1 Å². The molecule has 8 heteroatoms. The van der Waals surface area contributed by atoms with Crippen molar-refractivity contribution in [2.75, 3.05) is 23.3 Å². The minimum absolute atomic E-state index is 0.0312. The predicted octanol–water partition coefficient (Wildman–Crippen LogP) is 4.31. The molecule has 2 aromatic heterocycles. The van der Waals surface area contributed by atoms with Gasteiger partial charge in [0.15, 0.2) is 5.76 Å². The Hall–Kier alpha value is -3.24. The van der Waals surface area contributed by atoms with E-state index in [0.717, 1.165) is 0 Å². The molecule has 0 bridgehead atoms. The number of aromatic nitrogens is 1. The Balaban J connectivity index is 1.41. The van der Waals surface area contributed by atoms with Crippen molar-refractivity contribution in [2.45, 2.75) is 12.8 Å². The van der Waals surface area contributed by atoms with Gasteiger partial charge in [-0.25, -0.2) is 0 Å². The highest BCUT2D eigenvalue weighted by molar-refractivity contribution is 6.30. The number of rotatable bonds is 4. The molecule has 28 heavy (non-hydrogen) atoms. The summed E-state index contributed by atoms with van der Waals surface area (Å²) in [5, 5.41) is 12.9. The van der Waals surface area contributed by atoms with Crippen LogP contribution in [0.3, 0.4) is 0 Å². The van der Waals surface area contributed by atoms with E-state index in [0.29, 0.717) is 48.3 Å². The van der Waals surface area contributed by atoms with Crippen molar-refractivity contribution in [1.82, 2.24) is 4.98 Å². The Bertz CT molecular complexity index is 1010. The number of anilines is 2. The molecule has 0 spiro atoms. The van der Waals surface area contributed by atoms with Gasteiger partial charge >= 0.3 is 0 Å². The fraction of sp³-hybridized carbons (Fsp3) is 0.250. The Morgan fingerprint density at radius 3 is 2.79 bits per heavy atom. The van der Waals surface area contributed by atoms with E-state index in [1.807, 2.05) is 11.0 Å². The molecule has 1 amide bonds. The van der Waals surface area contributed by atoms with Crippen LogP contribution in [0.1, 0.15) is 18.5 Å². The maximum absolute atomic E-state index is 12.5. The number of nitrogens with one attached hydrogen (secondary N) is 1. The Morgan fingerprint density at radius 2 is 2.11 bits per heavy atom. The van der Waals surface area contributed by atoms with Crippen LogP contribution < -0.4 is 10.2 Å². The molecule has 7 nitrogen and oxygen atoms in total. The first-order valence-corrected chi connectivity index (χ1v) is 9.28. The molecule has 3 aromatic rings. The number of piperidine rings is 1. The van der Waals surface area contributed by atoms with E-state index in [2.05, 4.69) is 16.4 Å². The zero-order valence-electron chi connectivity index (χ0n) is 14.9. The first kappa shape index (κ1) is 18.1. The van der Waals surface area contributed by atoms with Gasteiger partial charge in [0.1, 0.15) is 6.07 Å². The number of carbonyl (C=O) groups is 1. The van der Waals surface area contributed by atoms with Crippen LogP contribution in [0.5, 0.6) is 0 Å². The third-order valence-corrected chi connectivity index (χ3v) is 4.93. The molecule has 4 rings (SSSR count). The lowest BCUT2D eigenvalue weighted by Gasteiger charge is -2.30. The predicted molar refractivity (Wildman–Crippen MR) is 104 cm³/mol. The molecule has 0 saturated carbocycles. The molecule has 0 radical (unpaired) electrons. The average Bonchev–Trinajstić information content (AvgIpc) is 3.37. The molecule has 1 N–H and O–H groups in total. The van der Waals surface area contributed by atoms with E-state index in [1.165, 1.54) is 6.26 Å². The summed E-state index contributed by atoms with van der Waals surface area (Å²) in [4.78, 5) is 18.7. The zero-order valence-corrected chi connectivity index (χ0v) is 15.6. The summed E-state index contributed by atoms with van der Waals surface area (Å²) < 4.78 is 11.1. The number of carbonyl (C=O) groups excluding carboxylic acids is 1. The smallest absolute Gasteiger partial charge is 0.266 e. The largest absolute Gasteiger partial charge is 0.459 e. The third-order valence-electron chi connectivity index (χ3n) is 4.69. The maximum Gasteiger partial charge on any atom is 0.266 e. The van der Waals surface area contributed by atoms with Gasteiger partial charge in [-0.15, -0.1) is 0 Å². The average molecular weight is 397 g/mol. The van der Waals surface area contributed by atoms with Gasteiger partial charge in [-0.3, -0.25) is 4.79 Å². The van der Waals surface area contributed by atoms with Crippen molar-refractivity contribution in [1.29, 1.82) is 5.26 Å². The standard InChI is InChI=1S/C20H17ClN4O3/c21-14-3-1-4-15(11-14)23-18(26)13-6-8-25(9-7-13)20-16(12-22)24-19(28-20)17-5-2-10-27-17/h1-5,10-11,13H,6-9H2,(H,23,26). The first-order valence-electron chi connectivity index (χ1n) is 8.90. The van der Waals surface area contributed by atoms with Crippen molar-refractivity contribution in [3.05, 3.63) is 53.4 Å². The van der Waals surface area contributed by atoms with E-state index < -0.39 is 0 Å². The normalized spacial score (nSPS) is 14.6. The minimum atomic E-state index is -0.117. The quantitative estimate of drug-likeness (QED) is 0.705. The van der Waals surface area contributed by atoms with E-state index in [1.54, 1.807) is 30.3 Å². The molecule has 1 aliphatic rings. The van der Waals surface area contributed by atoms with E-state index in [-0.39, 0.29) is 23.4 Å². The lowest BCUT2D eigenvalue weighted by atomic mass is 9.96. The lowest BCUT2D eigenvalue weighted by Crippen LogP contribution is -2.38.